The number of amides is 1. The fraction of sp³-hybridized carbons (Fsp3) is 0.190. The Morgan fingerprint density at radius 3 is 2.25 bits per heavy atom. The monoisotopic (exact) mass is 741 g/mol. The van der Waals surface area contributed by atoms with Crippen LogP contribution >= 0.6 is 22.9 Å². The number of anilines is 1. The van der Waals surface area contributed by atoms with Crippen LogP contribution in [-0.4, -0.2) is 42.9 Å². The number of methoxy groups -OCH3 is 3. The molecule has 2 aromatic heterocycles. The average Bonchev–Trinajstić information content (AvgIpc) is 3.80. The smallest absolute Gasteiger partial charge is 0.283 e. The number of aryl methyl sites for hydroxylation is 1. The molecule has 0 saturated carbocycles. The number of hydrogen-bond donors (Lipinski definition) is 0. The molecule has 0 fully saturated rings. The number of nitrogens with zero attached hydrogens (tertiary/aromatic N) is 5. The number of carbonyl (C=O) groups excluding carboxylic acids is 1. The molecule has 2 aliphatic rings. The van der Waals surface area contributed by atoms with Gasteiger partial charge in [-0.25, -0.2) is 14.6 Å². The zero-order valence-electron chi connectivity index (χ0n) is 30.1. The number of ether oxygens (including phenoxy) is 3. The Bertz CT molecular complexity index is 2390. The van der Waals surface area contributed by atoms with Crippen molar-refractivity contribution in [3.8, 4) is 29.0 Å². The van der Waals surface area contributed by atoms with E-state index in [4.69, 9.17) is 30.8 Å². The first-order valence-corrected chi connectivity index (χ1v) is 18.0. The highest BCUT2D eigenvalue weighted by atomic mass is 35.5. The van der Waals surface area contributed by atoms with Gasteiger partial charge in [0.15, 0.2) is 11.5 Å². The minimum atomic E-state index is -0.352. The van der Waals surface area contributed by atoms with Crippen LogP contribution < -0.4 is 19.1 Å². The molecule has 11 heteroatoms. The van der Waals surface area contributed by atoms with E-state index in [1.54, 1.807) is 27.8 Å². The van der Waals surface area contributed by atoms with E-state index in [9.17, 15) is 10.1 Å². The van der Waals surface area contributed by atoms with Gasteiger partial charge in [0.05, 0.1) is 38.3 Å². The van der Waals surface area contributed by atoms with Gasteiger partial charge in [0.2, 0.25) is 5.75 Å². The van der Waals surface area contributed by atoms with Crippen LogP contribution in [0.5, 0.6) is 17.2 Å². The molecule has 1 aliphatic heterocycles. The Morgan fingerprint density at radius 1 is 0.962 bits per heavy atom. The molecule has 1 amide bonds. The Hall–Kier alpha value is -5.89. The summed E-state index contributed by atoms with van der Waals surface area (Å²) in [6, 6.07) is 25.2. The number of para-hydroxylation sites is 1. The van der Waals surface area contributed by atoms with Gasteiger partial charge in [-0.05, 0) is 67.0 Å². The fourth-order valence-electron chi connectivity index (χ4n) is 6.73. The van der Waals surface area contributed by atoms with Crippen molar-refractivity contribution >= 4 is 57.9 Å². The van der Waals surface area contributed by atoms with Crippen LogP contribution in [0.2, 0.25) is 5.15 Å². The molecule has 0 atom stereocenters. The Labute approximate surface area is 317 Å². The predicted octanol–water partition coefficient (Wildman–Crippen LogP) is 9.41. The number of amidine groups is 1. The van der Waals surface area contributed by atoms with Gasteiger partial charge in [-0.2, -0.15) is 10.4 Å². The number of aliphatic imine (C=N–C) groups is 1. The van der Waals surface area contributed by atoms with Crippen molar-refractivity contribution in [1.82, 2.24) is 9.78 Å². The number of rotatable bonds is 9. The molecular weight excluding hydrogens is 706 g/mol. The molecule has 1 aliphatic carbocycles. The third kappa shape index (κ3) is 6.43. The van der Waals surface area contributed by atoms with Crippen LogP contribution in [0.15, 0.2) is 95.1 Å². The molecule has 53 heavy (non-hydrogen) atoms. The summed E-state index contributed by atoms with van der Waals surface area (Å²) in [5, 5.41) is 16.5. The van der Waals surface area contributed by atoms with Gasteiger partial charge in [0, 0.05) is 27.0 Å². The van der Waals surface area contributed by atoms with Gasteiger partial charge in [-0.15, -0.1) is 11.3 Å². The second-order valence-corrected chi connectivity index (χ2v) is 14.6. The number of aromatic nitrogens is 2. The number of halogens is 1. The average molecular weight is 742 g/mol. The van der Waals surface area contributed by atoms with E-state index in [1.807, 2.05) is 85.8 Å². The van der Waals surface area contributed by atoms with Crippen molar-refractivity contribution < 1.29 is 19.0 Å². The van der Waals surface area contributed by atoms with Crippen molar-refractivity contribution in [2.45, 2.75) is 32.6 Å². The predicted molar refractivity (Wildman–Crippen MR) is 212 cm³/mol. The van der Waals surface area contributed by atoms with Crippen molar-refractivity contribution in [3.63, 3.8) is 0 Å². The molecule has 0 saturated heterocycles. The highest BCUT2D eigenvalue weighted by Crippen LogP contribution is 2.50. The summed E-state index contributed by atoms with van der Waals surface area (Å²) in [7, 11) is 4.61. The number of nitriles is 1. The second-order valence-electron chi connectivity index (χ2n) is 13.2. The molecule has 266 valence electrons. The molecule has 3 heterocycles. The highest BCUT2D eigenvalue weighted by molar-refractivity contribution is 7.17. The maximum absolute atomic E-state index is 14.5. The Balaban J connectivity index is 1.31. The SMILES string of the molecule is COc1cc(/C=C2/N=C(c3ccccc3)N(c3sc4c(c3C#N)C=C(/C=C\c3c(C)nn(-c5ccccc5)c3Cl)CC4(C)C)C2=O)cc(OC)c1OC. The van der Waals surface area contributed by atoms with Crippen molar-refractivity contribution in [3.05, 3.63) is 134 Å². The van der Waals surface area contributed by atoms with E-state index < -0.39 is 0 Å². The lowest BCUT2D eigenvalue weighted by Gasteiger charge is -2.29. The van der Waals surface area contributed by atoms with Crippen LogP contribution in [0.4, 0.5) is 5.00 Å². The lowest BCUT2D eigenvalue weighted by molar-refractivity contribution is -0.113. The van der Waals surface area contributed by atoms with Crippen LogP contribution in [0, 0.1) is 18.3 Å². The van der Waals surface area contributed by atoms with Crippen LogP contribution in [0.3, 0.4) is 0 Å². The molecule has 0 radical (unpaired) electrons. The van der Waals surface area contributed by atoms with Crippen molar-refractivity contribution in [2.75, 3.05) is 26.2 Å². The molecule has 0 unspecified atom stereocenters. The Kier molecular flexibility index (Phi) is 9.56. The van der Waals surface area contributed by atoms with E-state index >= 15 is 0 Å². The van der Waals surface area contributed by atoms with Crippen LogP contribution in [-0.2, 0) is 10.2 Å². The van der Waals surface area contributed by atoms with Gasteiger partial charge in [-0.1, -0.05) is 80.1 Å². The van der Waals surface area contributed by atoms with Gasteiger partial charge >= 0.3 is 0 Å². The largest absolute Gasteiger partial charge is 0.493 e. The number of benzene rings is 3. The number of fused-ring (bicyclic) bond motifs is 1. The normalized spacial score (nSPS) is 15.7. The molecule has 7 rings (SSSR count). The maximum Gasteiger partial charge on any atom is 0.283 e. The first kappa shape index (κ1) is 35.5. The zero-order chi connectivity index (χ0) is 37.4. The summed E-state index contributed by atoms with van der Waals surface area (Å²) >= 11 is 8.30. The quantitative estimate of drug-likeness (QED) is 0.140. The molecular formula is C42H36ClN5O4S. The summed E-state index contributed by atoms with van der Waals surface area (Å²) in [5.74, 6) is 1.43. The molecule has 0 bridgehead atoms. The topological polar surface area (TPSA) is 102 Å². The van der Waals surface area contributed by atoms with E-state index in [0.717, 1.165) is 38.5 Å². The standard InChI is InChI=1S/C42H36ClN5O4S/c1-25-30(38(43)48(46-25)29-15-11-8-12-16-29)18-17-26-19-31-32(24-44)41(53-37(31)42(2,3)23-26)47-39(28-13-9-7-10-14-28)45-33(40(47)49)20-27-21-34(50-4)36(52-6)35(22-27)51-5/h7-22H,23H2,1-6H3/b18-17-,33-20+. The third-order valence-electron chi connectivity index (χ3n) is 9.23. The summed E-state index contributed by atoms with van der Waals surface area (Å²) in [5.41, 5.74) is 5.99. The van der Waals surface area contributed by atoms with Crippen LogP contribution in [0.25, 0.3) is 23.9 Å². The van der Waals surface area contributed by atoms with Gasteiger partial charge < -0.3 is 14.2 Å². The van der Waals surface area contributed by atoms with Gasteiger partial charge in [0.25, 0.3) is 5.91 Å². The maximum atomic E-state index is 14.5. The van der Waals surface area contributed by atoms with Crippen molar-refractivity contribution in [2.24, 2.45) is 4.99 Å². The second kappa shape index (κ2) is 14.3. The molecule has 0 spiro atoms. The minimum absolute atomic E-state index is 0.204. The van der Waals surface area contributed by atoms with Gasteiger partial charge in [0.1, 0.15) is 27.8 Å². The highest BCUT2D eigenvalue weighted by Gasteiger charge is 2.40. The summed E-state index contributed by atoms with van der Waals surface area (Å²) in [6.45, 7) is 6.26. The minimum Gasteiger partial charge on any atom is -0.493 e. The number of allylic oxidation sites excluding steroid dienone is 2. The summed E-state index contributed by atoms with van der Waals surface area (Å²) in [4.78, 5) is 21.9. The number of hydrogen-bond acceptors (Lipinski definition) is 8. The molecule has 0 N–H and O–H groups in total. The molecule has 5 aromatic rings. The molecule has 9 nitrogen and oxygen atoms in total. The Morgan fingerprint density at radius 2 is 1.62 bits per heavy atom. The first-order chi connectivity index (χ1) is 25.6. The van der Waals surface area contributed by atoms with Crippen LogP contribution in [0.1, 0.15) is 58.7 Å². The van der Waals surface area contributed by atoms with Crippen molar-refractivity contribution in [1.29, 1.82) is 5.26 Å². The molecule has 3 aromatic carbocycles. The van der Waals surface area contributed by atoms with E-state index in [-0.39, 0.29) is 17.0 Å². The lowest BCUT2D eigenvalue weighted by Crippen LogP contribution is -2.32. The van der Waals surface area contributed by atoms with Gasteiger partial charge in [-0.3, -0.25) is 4.79 Å². The van der Waals surface area contributed by atoms with E-state index in [2.05, 4.69) is 25.0 Å². The first-order valence-electron chi connectivity index (χ1n) is 16.8. The summed E-state index contributed by atoms with van der Waals surface area (Å²) < 4.78 is 18.3. The summed E-state index contributed by atoms with van der Waals surface area (Å²) in [6.07, 6.45) is 8.48. The third-order valence-corrected chi connectivity index (χ3v) is 11.1. The van der Waals surface area contributed by atoms with E-state index in [0.29, 0.717) is 50.8 Å². The number of carbonyl (C=O) groups is 1. The fourth-order valence-corrected chi connectivity index (χ4v) is 8.40. The zero-order valence-corrected chi connectivity index (χ0v) is 31.7. The van der Waals surface area contributed by atoms with E-state index in [1.165, 1.54) is 32.7 Å². The number of thiophene rings is 1. The lowest BCUT2D eigenvalue weighted by atomic mass is 9.77.